The minimum absolute atomic E-state index is 0.774. The van der Waals surface area contributed by atoms with E-state index in [9.17, 15) is 0 Å². The molecule has 0 aliphatic heterocycles. The van der Waals surface area contributed by atoms with Gasteiger partial charge >= 0.3 is 0 Å². The Morgan fingerprint density at radius 1 is 1.69 bits per heavy atom. The molecule has 0 radical (unpaired) electrons. The monoisotopic (exact) mass is 180 g/mol. The largest absolute Gasteiger partial charge is 0.319 e. The van der Waals surface area contributed by atoms with Crippen molar-refractivity contribution in [3.05, 3.63) is 12.4 Å². The molecule has 4 nitrogen and oxygen atoms in total. The highest BCUT2D eigenvalue weighted by Crippen LogP contribution is 2.01. The van der Waals surface area contributed by atoms with Crippen molar-refractivity contribution in [3.8, 4) is 0 Å². The summed E-state index contributed by atoms with van der Waals surface area (Å²) in [6.45, 7) is 4.15. The molecule has 13 heavy (non-hydrogen) atoms. The van der Waals surface area contributed by atoms with E-state index in [1.807, 2.05) is 24.7 Å². The fourth-order valence-corrected chi connectivity index (χ4v) is 1.04. The molecular formula is C9H16N4. The van der Waals surface area contributed by atoms with Gasteiger partial charge in [0.2, 0.25) is 5.95 Å². The number of hydrogen-bond acceptors (Lipinski definition) is 3. The predicted octanol–water partition coefficient (Wildman–Crippen LogP) is 2.01. The lowest BCUT2D eigenvalue weighted by molar-refractivity contribution is 0.907. The number of imidazole rings is 1. The van der Waals surface area contributed by atoms with Crippen LogP contribution in [0.4, 0.5) is 5.95 Å². The Morgan fingerprint density at radius 2 is 2.46 bits per heavy atom. The van der Waals surface area contributed by atoms with Crippen LogP contribution in [-0.2, 0) is 7.05 Å². The molecule has 0 bridgehead atoms. The second kappa shape index (κ2) is 4.64. The summed E-state index contributed by atoms with van der Waals surface area (Å²) in [7, 11) is 1.93. The van der Waals surface area contributed by atoms with Crippen molar-refractivity contribution in [2.45, 2.75) is 26.7 Å². The Kier molecular flexibility index (Phi) is 3.49. The molecule has 0 saturated carbocycles. The van der Waals surface area contributed by atoms with Gasteiger partial charge in [-0.15, -0.1) is 0 Å². The number of rotatable bonds is 4. The Balaban J connectivity index is 2.51. The summed E-state index contributed by atoms with van der Waals surface area (Å²) in [5, 5.41) is 4.20. The smallest absolute Gasteiger partial charge is 0.223 e. The molecule has 0 unspecified atom stereocenters. The molecule has 1 heterocycles. The lowest BCUT2D eigenvalue weighted by atomic mass is 10.2. The highest BCUT2D eigenvalue weighted by Gasteiger charge is 1.95. The summed E-state index contributed by atoms with van der Waals surface area (Å²) >= 11 is 0. The average Bonchev–Trinajstić information content (AvgIpc) is 2.48. The number of hydrazone groups is 1. The Labute approximate surface area is 78.7 Å². The molecule has 0 atom stereocenters. The summed E-state index contributed by atoms with van der Waals surface area (Å²) in [5.74, 6) is 0.774. The maximum absolute atomic E-state index is 4.20. The first-order chi connectivity index (χ1) is 6.24. The Hall–Kier alpha value is -1.32. The van der Waals surface area contributed by atoms with Crippen LogP contribution in [-0.4, -0.2) is 15.3 Å². The van der Waals surface area contributed by atoms with E-state index < -0.39 is 0 Å². The van der Waals surface area contributed by atoms with Gasteiger partial charge < -0.3 is 4.57 Å². The molecule has 0 fully saturated rings. The van der Waals surface area contributed by atoms with Gasteiger partial charge in [-0.3, -0.25) is 0 Å². The third-order valence-corrected chi connectivity index (χ3v) is 1.78. The van der Waals surface area contributed by atoms with Crippen LogP contribution in [0.5, 0.6) is 0 Å². The average molecular weight is 180 g/mol. The lowest BCUT2D eigenvalue weighted by Gasteiger charge is -2.01. The zero-order valence-electron chi connectivity index (χ0n) is 8.41. The maximum Gasteiger partial charge on any atom is 0.223 e. The number of hydrogen-bond donors (Lipinski definition) is 1. The van der Waals surface area contributed by atoms with Crippen molar-refractivity contribution in [1.29, 1.82) is 0 Å². The van der Waals surface area contributed by atoms with Crippen LogP contribution >= 0.6 is 0 Å². The SMILES string of the molecule is CCC/C(C)=N/Nc1nccn1C. The molecular weight excluding hydrogens is 164 g/mol. The third kappa shape index (κ3) is 2.89. The van der Waals surface area contributed by atoms with Crippen molar-refractivity contribution in [1.82, 2.24) is 9.55 Å². The number of nitrogens with one attached hydrogen (secondary N) is 1. The van der Waals surface area contributed by atoms with Crippen LogP contribution in [0.15, 0.2) is 17.5 Å². The van der Waals surface area contributed by atoms with Crippen LogP contribution in [0.3, 0.4) is 0 Å². The van der Waals surface area contributed by atoms with Gasteiger partial charge in [0.05, 0.1) is 0 Å². The van der Waals surface area contributed by atoms with E-state index in [2.05, 4.69) is 22.4 Å². The van der Waals surface area contributed by atoms with E-state index >= 15 is 0 Å². The van der Waals surface area contributed by atoms with E-state index in [-0.39, 0.29) is 0 Å². The van der Waals surface area contributed by atoms with Crippen LogP contribution in [0.25, 0.3) is 0 Å². The first-order valence-corrected chi connectivity index (χ1v) is 4.50. The minimum Gasteiger partial charge on any atom is -0.319 e. The summed E-state index contributed by atoms with van der Waals surface area (Å²) in [6, 6.07) is 0. The van der Waals surface area contributed by atoms with Crippen molar-refractivity contribution in [3.63, 3.8) is 0 Å². The minimum atomic E-state index is 0.774. The molecule has 72 valence electrons. The van der Waals surface area contributed by atoms with E-state index in [0.29, 0.717) is 0 Å². The number of aryl methyl sites for hydroxylation is 1. The van der Waals surface area contributed by atoms with Gasteiger partial charge in [-0.1, -0.05) is 13.3 Å². The third-order valence-electron chi connectivity index (χ3n) is 1.78. The highest BCUT2D eigenvalue weighted by atomic mass is 15.4. The first-order valence-electron chi connectivity index (χ1n) is 4.50. The predicted molar refractivity (Wildman–Crippen MR) is 54.8 cm³/mol. The zero-order chi connectivity index (χ0) is 9.68. The van der Waals surface area contributed by atoms with Crippen LogP contribution in [0, 0.1) is 0 Å². The number of anilines is 1. The van der Waals surface area contributed by atoms with Gasteiger partial charge in [-0.2, -0.15) is 5.10 Å². The van der Waals surface area contributed by atoms with Crippen LogP contribution in [0.1, 0.15) is 26.7 Å². The maximum atomic E-state index is 4.20. The van der Waals surface area contributed by atoms with E-state index in [1.165, 1.54) is 0 Å². The van der Waals surface area contributed by atoms with Crippen LogP contribution < -0.4 is 5.43 Å². The molecule has 1 N–H and O–H groups in total. The summed E-state index contributed by atoms with van der Waals surface area (Å²) in [5.41, 5.74) is 4.02. The Bertz CT molecular complexity index is 288. The van der Waals surface area contributed by atoms with Crippen molar-refractivity contribution < 1.29 is 0 Å². The molecule has 0 amide bonds. The van der Waals surface area contributed by atoms with E-state index in [0.717, 1.165) is 24.5 Å². The molecule has 0 aliphatic rings. The van der Waals surface area contributed by atoms with Gasteiger partial charge in [-0.25, -0.2) is 10.4 Å². The topological polar surface area (TPSA) is 42.2 Å². The molecule has 0 aromatic carbocycles. The molecule has 0 saturated heterocycles. The van der Waals surface area contributed by atoms with Gasteiger partial charge in [0.1, 0.15) is 0 Å². The van der Waals surface area contributed by atoms with Gasteiger partial charge in [0, 0.05) is 25.2 Å². The number of nitrogens with zero attached hydrogens (tertiary/aromatic N) is 3. The molecule has 1 aromatic heterocycles. The van der Waals surface area contributed by atoms with Crippen molar-refractivity contribution in [2.24, 2.45) is 12.1 Å². The van der Waals surface area contributed by atoms with E-state index in [4.69, 9.17) is 0 Å². The lowest BCUT2D eigenvalue weighted by Crippen LogP contribution is -2.01. The van der Waals surface area contributed by atoms with Gasteiger partial charge in [-0.05, 0) is 13.3 Å². The summed E-state index contributed by atoms with van der Waals surface area (Å²) in [6.07, 6.45) is 5.77. The molecule has 1 rings (SSSR count). The molecule has 0 spiro atoms. The van der Waals surface area contributed by atoms with Gasteiger partial charge in [0.25, 0.3) is 0 Å². The fourth-order valence-electron chi connectivity index (χ4n) is 1.04. The standard InChI is InChI=1S/C9H16N4/c1-4-5-8(2)11-12-9-10-6-7-13(9)3/h6-7H,4-5H2,1-3H3,(H,10,12)/b11-8+. The second-order valence-electron chi connectivity index (χ2n) is 3.07. The number of aromatic nitrogens is 2. The second-order valence-corrected chi connectivity index (χ2v) is 3.07. The zero-order valence-corrected chi connectivity index (χ0v) is 8.41. The normalized spacial score (nSPS) is 11.8. The quantitative estimate of drug-likeness (QED) is 0.569. The van der Waals surface area contributed by atoms with Crippen LogP contribution in [0.2, 0.25) is 0 Å². The van der Waals surface area contributed by atoms with Gasteiger partial charge in [0.15, 0.2) is 0 Å². The first kappa shape index (κ1) is 9.77. The fraction of sp³-hybridized carbons (Fsp3) is 0.556. The highest BCUT2D eigenvalue weighted by molar-refractivity contribution is 5.82. The molecule has 4 heteroatoms. The summed E-state index contributed by atoms with van der Waals surface area (Å²) < 4.78 is 1.89. The van der Waals surface area contributed by atoms with Crippen molar-refractivity contribution in [2.75, 3.05) is 5.43 Å². The van der Waals surface area contributed by atoms with E-state index in [1.54, 1.807) is 6.20 Å². The molecule has 0 aliphatic carbocycles. The van der Waals surface area contributed by atoms with Crippen molar-refractivity contribution >= 4 is 11.7 Å². The molecule has 1 aromatic rings. The summed E-state index contributed by atoms with van der Waals surface area (Å²) in [4.78, 5) is 4.09. The Morgan fingerprint density at radius 3 is 3.00 bits per heavy atom.